The summed E-state index contributed by atoms with van der Waals surface area (Å²) in [7, 11) is 0. The van der Waals surface area contributed by atoms with Crippen molar-refractivity contribution in [3.8, 4) is 0 Å². The van der Waals surface area contributed by atoms with Gasteiger partial charge in [-0.3, -0.25) is 14.5 Å². The summed E-state index contributed by atoms with van der Waals surface area (Å²) in [6.07, 6.45) is 3.83. The predicted octanol–water partition coefficient (Wildman–Crippen LogP) is 3.20. The predicted molar refractivity (Wildman–Crippen MR) is 118 cm³/mol. The SMILES string of the molecule is O=Cc1ccc(N2CCC(C(=O)N3C[C@@H]4C[C@H]3CN4Cc3ccccc3)CC2)cc1. The molecule has 0 radical (unpaired) electrons. The Hall–Kier alpha value is -2.66. The number of piperazine rings is 1. The average Bonchev–Trinajstić information content (AvgIpc) is 3.40. The Morgan fingerprint density at radius 1 is 0.933 bits per heavy atom. The first-order valence-electron chi connectivity index (χ1n) is 11.1. The van der Waals surface area contributed by atoms with Crippen LogP contribution >= 0.6 is 0 Å². The van der Waals surface area contributed by atoms with E-state index in [2.05, 4.69) is 45.0 Å². The number of amides is 1. The first-order valence-corrected chi connectivity index (χ1v) is 11.1. The van der Waals surface area contributed by atoms with Crippen molar-refractivity contribution in [3.05, 3.63) is 65.7 Å². The molecule has 0 aromatic heterocycles. The Bertz CT molecular complexity index is 890. The van der Waals surface area contributed by atoms with E-state index in [0.29, 0.717) is 23.6 Å². The summed E-state index contributed by atoms with van der Waals surface area (Å²) < 4.78 is 0. The Morgan fingerprint density at radius 3 is 2.30 bits per heavy atom. The molecular weight excluding hydrogens is 374 g/mol. The number of likely N-dealkylation sites (tertiary alicyclic amines) is 2. The highest BCUT2D eigenvalue weighted by atomic mass is 16.2. The number of hydrogen-bond donors (Lipinski definition) is 0. The Balaban J connectivity index is 1.14. The first-order chi connectivity index (χ1) is 14.7. The van der Waals surface area contributed by atoms with Gasteiger partial charge in [0.05, 0.1) is 0 Å². The van der Waals surface area contributed by atoms with Crippen molar-refractivity contribution in [1.29, 1.82) is 0 Å². The van der Waals surface area contributed by atoms with Gasteiger partial charge in [-0.1, -0.05) is 30.3 Å². The zero-order valence-electron chi connectivity index (χ0n) is 17.3. The van der Waals surface area contributed by atoms with Gasteiger partial charge in [-0.2, -0.15) is 0 Å². The molecule has 2 aromatic rings. The summed E-state index contributed by atoms with van der Waals surface area (Å²) in [6.45, 7) is 4.69. The Morgan fingerprint density at radius 2 is 1.67 bits per heavy atom. The van der Waals surface area contributed by atoms with Crippen molar-refractivity contribution >= 4 is 17.9 Å². The molecular formula is C25H29N3O2. The lowest BCUT2D eigenvalue weighted by Crippen LogP contribution is -2.51. The highest BCUT2D eigenvalue weighted by molar-refractivity contribution is 5.80. The van der Waals surface area contributed by atoms with Crippen molar-refractivity contribution < 1.29 is 9.59 Å². The van der Waals surface area contributed by atoms with E-state index >= 15 is 0 Å². The number of fused-ring (bicyclic) bond motifs is 2. The molecule has 0 saturated carbocycles. The number of carbonyl (C=O) groups excluding carboxylic acids is 2. The van der Waals surface area contributed by atoms with Gasteiger partial charge in [0.2, 0.25) is 5.91 Å². The molecule has 1 amide bonds. The van der Waals surface area contributed by atoms with E-state index in [0.717, 1.165) is 64.0 Å². The smallest absolute Gasteiger partial charge is 0.226 e. The van der Waals surface area contributed by atoms with E-state index < -0.39 is 0 Å². The second kappa shape index (κ2) is 8.23. The van der Waals surface area contributed by atoms with Crippen molar-refractivity contribution in [1.82, 2.24) is 9.80 Å². The lowest BCUT2D eigenvalue weighted by molar-refractivity contribution is -0.138. The van der Waals surface area contributed by atoms with Crippen LogP contribution in [0.15, 0.2) is 54.6 Å². The summed E-state index contributed by atoms with van der Waals surface area (Å²) in [5.74, 6) is 0.523. The number of hydrogen-bond acceptors (Lipinski definition) is 4. The third-order valence-electron chi connectivity index (χ3n) is 7.10. The van der Waals surface area contributed by atoms with Crippen molar-refractivity contribution in [2.75, 3.05) is 31.1 Å². The number of carbonyl (C=O) groups is 2. The van der Waals surface area contributed by atoms with Crippen molar-refractivity contribution in [2.45, 2.75) is 37.9 Å². The highest BCUT2D eigenvalue weighted by Gasteiger charge is 2.46. The average molecular weight is 404 g/mol. The second-order valence-corrected chi connectivity index (χ2v) is 8.92. The topological polar surface area (TPSA) is 43.9 Å². The van der Waals surface area contributed by atoms with Crippen LogP contribution in [0.25, 0.3) is 0 Å². The zero-order chi connectivity index (χ0) is 20.5. The summed E-state index contributed by atoms with van der Waals surface area (Å²) in [4.78, 5) is 31.1. The second-order valence-electron chi connectivity index (χ2n) is 8.92. The molecule has 0 spiro atoms. The number of benzene rings is 2. The molecule has 0 unspecified atom stereocenters. The summed E-state index contributed by atoms with van der Waals surface area (Å²) in [5, 5.41) is 0. The van der Waals surface area contributed by atoms with Gasteiger partial charge in [-0.05, 0) is 49.1 Å². The van der Waals surface area contributed by atoms with E-state index in [9.17, 15) is 9.59 Å². The lowest BCUT2D eigenvalue weighted by Gasteiger charge is -2.39. The van der Waals surface area contributed by atoms with E-state index in [1.807, 2.05) is 24.3 Å². The van der Waals surface area contributed by atoms with E-state index in [4.69, 9.17) is 0 Å². The quantitative estimate of drug-likeness (QED) is 0.719. The maximum Gasteiger partial charge on any atom is 0.226 e. The molecule has 156 valence electrons. The molecule has 3 saturated heterocycles. The van der Waals surface area contributed by atoms with Gasteiger partial charge in [0.25, 0.3) is 0 Å². The van der Waals surface area contributed by atoms with Crippen LogP contribution in [-0.2, 0) is 11.3 Å². The monoisotopic (exact) mass is 403 g/mol. The fourth-order valence-corrected chi connectivity index (χ4v) is 5.41. The van der Waals surface area contributed by atoms with Crippen molar-refractivity contribution in [3.63, 3.8) is 0 Å². The number of nitrogens with zero attached hydrogens (tertiary/aromatic N) is 3. The minimum atomic E-state index is 0.150. The number of anilines is 1. The number of aldehydes is 1. The third kappa shape index (κ3) is 3.74. The van der Waals surface area contributed by atoms with Crippen LogP contribution in [0.4, 0.5) is 5.69 Å². The van der Waals surface area contributed by atoms with Gasteiger partial charge in [-0.25, -0.2) is 0 Å². The molecule has 5 heteroatoms. The standard InChI is InChI=1S/C25H29N3O2/c29-18-20-6-8-22(9-7-20)26-12-10-21(11-13-26)25(30)28-17-23-14-24(28)16-27(23)15-19-4-2-1-3-5-19/h1-9,18,21,23-24H,10-17H2/t23-,24-/m0/s1. The molecule has 5 nitrogen and oxygen atoms in total. The van der Waals surface area contributed by atoms with Crippen LogP contribution < -0.4 is 4.90 Å². The molecule has 5 rings (SSSR count). The van der Waals surface area contributed by atoms with E-state index in [1.165, 1.54) is 5.56 Å². The maximum absolute atomic E-state index is 13.2. The summed E-state index contributed by atoms with van der Waals surface area (Å²) in [6, 6.07) is 19.3. The van der Waals surface area contributed by atoms with Crippen LogP contribution in [0.3, 0.4) is 0 Å². The van der Waals surface area contributed by atoms with Gasteiger partial charge in [0, 0.05) is 62.0 Å². The minimum absolute atomic E-state index is 0.150. The summed E-state index contributed by atoms with van der Waals surface area (Å²) >= 11 is 0. The highest BCUT2D eigenvalue weighted by Crippen LogP contribution is 2.34. The van der Waals surface area contributed by atoms with Crippen LogP contribution in [0.2, 0.25) is 0 Å². The third-order valence-corrected chi connectivity index (χ3v) is 7.10. The Labute approximate surface area is 178 Å². The van der Waals surface area contributed by atoms with E-state index in [1.54, 1.807) is 0 Å². The fourth-order valence-electron chi connectivity index (χ4n) is 5.41. The molecule has 2 aromatic carbocycles. The zero-order valence-corrected chi connectivity index (χ0v) is 17.3. The Kier molecular flexibility index (Phi) is 5.30. The van der Waals surface area contributed by atoms with Crippen LogP contribution in [0, 0.1) is 5.92 Å². The van der Waals surface area contributed by atoms with Crippen LogP contribution in [-0.4, -0.2) is 60.3 Å². The summed E-state index contributed by atoms with van der Waals surface area (Å²) in [5.41, 5.74) is 3.20. The number of rotatable bonds is 5. The molecule has 2 atom stereocenters. The van der Waals surface area contributed by atoms with Crippen LogP contribution in [0.5, 0.6) is 0 Å². The van der Waals surface area contributed by atoms with Gasteiger partial charge in [-0.15, -0.1) is 0 Å². The fraction of sp³-hybridized carbons (Fsp3) is 0.440. The van der Waals surface area contributed by atoms with Gasteiger partial charge < -0.3 is 9.80 Å². The molecule has 2 bridgehead atoms. The first kappa shape index (κ1) is 19.3. The van der Waals surface area contributed by atoms with Gasteiger partial charge >= 0.3 is 0 Å². The molecule has 3 fully saturated rings. The minimum Gasteiger partial charge on any atom is -0.371 e. The molecule has 3 aliphatic rings. The molecule has 0 aliphatic carbocycles. The van der Waals surface area contributed by atoms with Gasteiger partial charge in [0.15, 0.2) is 0 Å². The van der Waals surface area contributed by atoms with Gasteiger partial charge in [0.1, 0.15) is 6.29 Å². The normalized spacial score (nSPS) is 24.4. The largest absolute Gasteiger partial charge is 0.371 e. The molecule has 3 heterocycles. The van der Waals surface area contributed by atoms with E-state index in [-0.39, 0.29) is 5.92 Å². The lowest BCUT2D eigenvalue weighted by atomic mass is 9.94. The number of piperidine rings is 1. The van der Waals surface area contributed by atoms with Crippen molar-refractivity contribution in [2.24, 2.45) is 5.92 Å². The van der Waals surface area contributed by atoms with Crippen LogP contribution in [0.1, 0.15) is 35.2 Å². The molecule has 30 heavy (non-hydrogen) atoms. The maximum atomic E-state index is 13.2. The molecule has 0 N–H and O–H groups in total. The molecule has 3 aliphatic heterocycles.